The van der Waals surface area contributed by atoms with Gasteiger partial charge in [0, 0.05) is 16.8 Å². The smallest absolute Gasteiger partial charge is 0.262 e. The van der Waals surface area contributed by atoms with Crippen molar-refractivity contribution in [2.24, 2.45) is 0 Å². The molecule has 8 heteroatoms. The Morgan fingerprint density at radius 3 is 2.62 bits per heavy atom. The summed E-state index contributed by atoms with van der Waals surface area (Å²) in [7, 11) is 1.52. The fourth-order valence-electron chi connectivity index (χ4n) is 2.79. The number of amides is 1. The third-order valence-electron chi connectivity index (χ3n) is 4.11. The number of hydrogen-bond donors (Lipinski definition) is 2. The average molecular weight is 436 g/mol. The van der Waals surface area contributed by atoms with Gasteiger partial charge in [0.25, 0.3) is 5.91 Å². The van der Waals surface area contributed by atoms with E-state index in [-0.39, 0.29) is 19.1 Å². The summed E-state index contributed by atoms with van der Waals surface area (Å²) < 4.78 is 16.5. The summed E-state index contributed by atoms with van der Waals surface area (Å²) >= 11 is 12.1. The number of methoxy groups -OCH3 is 1. The highest BCUT2D eigenvalue weighted by Gasteiger charge is 2.14. The second kappa shape index (κ2) is 9.22. The molecule has 0 atom stereocenters. The lowest BCUT2D eigenvalue weighted by Gasteiger charge is -2.13. The van der Waals surface area contributed by atoms with E-state index >= 15 is 0 Å². The molecule has 2 N–H and O–H groups in total. The molecule has 0 bridgehead atoms. The van der Waals surface area contributed by atoms with Crippen LogP contribution >= 0.6 is 23.2 Å². The molecule has 0 fully saturated rings. The molecule has 152 valence electrons. The van der Waals surface area contributed by atoms with Crippen LogP contribution in [0.5, 0.6) is 11.5 Å². The topological polar surface area (TPSA) is 80.9 Å². The van der Waals surface area contributed by atoms with E-state index in [0.717, 1.165) is 5.56 Å². The quantitative estimate of drug-likeness (QED) is 0.540. The Kier molecular flexibility index (Phi) is 6.69. The highest BCUT2D eigenvalue weighted by atomic mass is 35.5. The Hall–Kier alpha value is -2.67. The van der Waals surface area contributed by atoms with Crippen LogP contribution in [0.1, 0.15) is 11.3 Å². The van der Waals surface area contributed by atoms with E-state index in [1.807, 2.05) is 0 Å². The molecule has 0 saturated carbocycles. The van der Waals surface area contributed by atoms with Gasteiger partial charge in [-0.25, -0.2) is 0 Å². The van der Waals surface area contributed by atoms with Crippen molar-refractivity contribution < 1.29 is 23.8 Å². The third kappa shape index (κ3) is 5.03. The van der Waals surface area contributed by atoms with E-state index in [0.29, 0.717) is 44.3 Å². The first kappa shape index (κ1) is 21.0. The largest absolute Gasteiger partial charge is 0.496 e. The standard InChI is InChI=1S/C21H19Cl2NO5/c1-12-7-13(22)8-17(23)21(12)28-11-20(26)24-14-3-5-16(19(9-14)27-2)18-6-4-15(10-25)29-18/h3-9,25H,10-11H2,1-2H3,(H,24,26). The number of halogens is 2. The number of rotatable bonds is 7. The molecule has 0 spiro atoms. The van der Waals surface area contributed by atoms with E-state index < -0.39 is 0 Å². The van der Waals surface area contributed by atoms with Crippen molar-refractivity contribution in [1.29, 1.82) is 0 Å². The normalized spacial score (nSPS) is 10.7. The molecule has 3 rings (SSSR count). The van der Waals surface area contributed by atoms with Crippen LogP contribution in [0.15, 0.2) is 46.9 Å². The molecular weight excluding hydrogens is 417 g/mol. The van der Waals surface area contributed by atoms with Gasteiger partial charge in [0.15, 0.2) is 6.61 Å². The lowest BCUT2D eigenvalue weighted by Crippen LogP contribution is -2.20. The molecule has 1 aromatic heterocycles. The van der Waals surface area contributed by atoms with Crippen LogP contribution in [-0.2, 0) is 11.4 Å². The van der Waals surface area contributed by atoms with Crippen LogP contribution in [0.2, 0.25) is 10.0 Å². The number of anilines is 1. The first-order chi connectivity index (χ1) is 13.9. The van der Waals surface area contributed by atoms with Crippen molar-refractivity contribution in [2.45, 2.75) is 13.5 Å². The maximum Gasteiger partial charge on any atom is 0.262 e. The number of aliphatic hydroxyl groups excluding tert-OH is 1. The molecule has 0 aliphatic heterocycles. The van der Waals surface area contributed by atoms with E-state index in [9.17, 15) is 4.79 Å². The molecule has 29 heavy (non-hydrogen) atoms. The fraction of sp³-hybridized carbons (Fsp3) is 0.190. The first-order valence-electron chi connectivity index (χ1n) is 8.67. The summed E-state index contributed by atoms with van der Waals surface area (Å²) in [5.41, 5.74) is 1.97. The second-order valence-corrected chi connectivity index (χ2v) is 7.05. The zero-order valence-electron chi connectivity index (χ0n) is 15.8. The molecule has 3 aromatic rings. The Balaban J connectivity index is 1.69. The van der Waals surface area contributed by atoms with Crippen LogP contribution in [0.4, 0.5) is 5.69 Å². The number of benzene rings is 2. The van der Waals surface area contributed by atoms with Gasteiger partial charge in [0.05, 0.1) is 17.7 Å². The number of carbonyl (C=O) groups is 1. The minimum Gasteiger partial charge on any atom is -0.496 e. The highest BCUT2D eigenvalue weighted by Crippen LogP contribution is 2.34. The number of hydrogen-bond acceptors (Lipinski definition) is 5. The fourth-order valence-corrected chi connectivity index (χ4v) is 3.44. The number of ether oxygens (including phenoxy) is 2. The Morgan fingerprint density at radius 1 is 1.17 bits per heavy atom. The Morgan fingerprint density at radius 2 is 1.97 bits per heavy atom. The van der Waals surface area contributed by atoms with E-state index in [1.54, 1.807) is 49.4 Å². The molecule has 6 nitrogen and oxygen atoms in total. The molecule has 0 saturated heterocycles. The summed E-state index contributed by atoms with van der Waals surface area (Å²) in [6.45, 7) is 1.39. The predicted molar refractivity (Wildman–Crippen MR) is 112 cm³/mol. The number of aryl methyl sites for hydroxylation is 1. The number of furan rings is 1. The van der Waals surface area contributed by atoms with Crippen molar-refractivity contribution in [3.63, 3.8) is 0 Å². The van der Waals surface area contributed by atoms with Gasteiger partial charge >= 0.3 is 0 Å². The van der Waals surface area contributed by atoms with E-state index in [4.69, 9.17) is 42.2 Å². The maximum absolute atomic E-state index is 12.3. The Bertz CT molecular complexity index is 1010. The number of carbonyl (C=O) groups excluding carboxylic acids is 1. The Labute approximate surface area is 178 Å². The summed E-state index contributed by atoms with van der Waals surface area (Å²) in [6, 6.07) is 11.9. The monoisotopic (exact) mass is 435 g/mol. The van der Waals surface area contributed by atoms with E-state index in [2.05, 4.69) is 5.32 Å². The molecule has 1 heterocycles. The molecule has 2 aromatic carbocycles. The summed E-state index contributed by atoms with van der Waals surface area (Å²) in [4.78, 5) is 12.3. The van der Waals surface area contributed by atoms with Crippen LogP contribution < -0.4 is 14.8 Å². The van der Waals surface area contributed by atoms with Crippen molar-refractivity contribution in [3.8, 4) is 22.8 Å². The summed E-state index contributed by atoms with van der Waals surface area (Å²) in [5.74, 6) is 1.58. The van der Waals surface area contributed by atoms with E-state index in [1.165, 1.54) is 7.11 Å². The van der Waals surface area contributed by atoms with Crippen molar-refractivity contribution in [3.05, 3.63) is 63.8 Å². The molecule has 0 unspecified atom stereocenters. The maximum atomic E-state index is 12.3. The van der Waals surface area contributed by atoms with Crippen molar-refractivity contribution in [2.75, 3.05) is 19.0 Å². The molecule has 0 radical (unpaired) electrons. The van der Waals surface area contributed by atoms with Gasteiger partial charge < -0.3 is 24.3 Å². The first-order valence-corrected chi connectivity index (χ1v) is 9.43. The molecule has 0 aliphatic carbocycles. The molecular formula is C21H19Cl2NO5. The zero-order valence-corrected chi connectivity index (χ0v) is 17.3. The average Bonchev–Trinajstić information content (AvgIpc) is 3.16. The minimum absolute atomic E-state index is 0.187. The van der Waals surface area contributed by atoms with Gasteiger partial charge in [-0.1, -0.05) is 23.2 Å². The lowest BCUT2D eigenvalue weighted by molar-refractivity contribution is -0.118. The number of aliphatic hydroxyl groups is 1. The van der Waals surface area contributed by atoms with Crippen molar-refractivity contribution >= 4 is 34.8 Å². The molecule has 1 amide bonds. The van der Waals surface area contributed by atoms with Gasteiger partial charge in [0.1, 0.15) is 29.6 Å². The lowest BCUT2D eigenvalue weighted by atomic mass is 10.1. The van der Waals surface area contributed by atoms with Gasteiger partial charge in [-0.3, -0.25) is 4.79 Å². The van der Waals surface area contributed by atoms with Crippen LogP contribution in [0, 0.1) is 6.92 Å². The van der Waals surface area contributed by atoms with Gasteiger partial charge in [0.2, 0.25) is 0 Å². The third-order valence-corrected chi connectivity index (χ3v) is 4.61. The van der Waals surface area contributed by atoms with Crippen molar-refractivity contribution in [1.82, 2.24) is 0 Å². The van der Waals surface area contributed by atoms with Gasteiger partial charge in [-0.15, -0.1) is 0 Å². The number of nitrogens with one attached hydrogen (secondary N) is 1. The predicted octanol–water partition coefficient (Wildman–Crippen LogP) is 5.08. The summed E-state index contributed by atoms with van der Waals surface area (Å²) in [5, 5.41) is 12.7. The van der Waals surface area contributed by atoms with Crippen LogP contribution in [0.25, 0.3) is 11.3 Å². The second-order valence-electron chi connectivity index (χ2n) is 6.21. The van der Waals surface area contributed by atoms with Gasteiger partial charge in [-0.2, -0.15) is 0 Å². The van der Waals surface area contributed by atoms with Crippen LogP contribution in [-0.4, -0.2) is 24.7 Å². The zero-order chi connectivity index (χ0) is 21.0. The highest BCUT2D eigenvalue weighted by molar-refractivity contribution is 6.35. The minimum atomic E-state index is -0.356. The van der Waals surface area contributed by atoms with Crippen LogP contribution in [0.3, 0.4) is 0 Å². The molecule has 0 aliphatic rings. The SMILES string of the molecule is COc1cc(NC(=O)COc2c(C)cc(Cl)cc2Cl)ccc1-c1ccc(CO)o1. The van der Waals surface area contributed by atoms with Gasteiger partial charge in [-0.05, 0) is 48.9 Å². The summed E-state index contributed by atoms with van der Waals surface area (Å²) in [6.07, 6.45) is 0.